The van der Waals surface area contributed by atoms with Crippen molar-refractivity contribution in [3.63, 3.8) is 0 Å². The minimum atomic E-state index is -0.476. The normalized spacial score (nSPS) is 16.9. The molecule has 0 spiro atoms. The molecular formula is C18H21FN2OS. The van der Waals surface area contributed by atoms with E-state index in [2.05, 4.69) is 21.7 Å². The van der Waals surface area contributed by atoms with Crippen LogP contribution in [-0.4, -0.2) is 30.4 Å². The van der Waals surface area contributed by atoms with Gasteiger partial charge in [-0.05, 0) is 49.5 Å². The number of thiophene rings is 1. The minimum Gasteiger partial charge on any atom is -0.350 e. The molecule has 1 saturated heterocycles. The molecule has 1 amide bonds. The Hall–Kier alpha value is -1.72. The molecule has 2 aromatic rings. The second-order valence-electron chi connectivity index (χ2n) is 5.82. The zero-order valence-corrected chi connectivity index (χ0v) is 13.8. The Morgan fingerprint density at radius 3 is 2.65 bits per heavy atom. The van der Waals surface area contributed by atoms with Crippen molar-refractivity contribution in [1.29, 1.82) is 0 Å². The van der Waals surface area contributed by atoms with Crippen molar-refractivity contribution in [3.8, 4) is 0 Å². The first-order chi connectivity index (χ1) is 11.3. The molecule has 1 fully saturated rings. The molecule has 0 bridgehead atoms. The van der Waals surface area contributed by atoms with Crippen molar-refractivity contribution in [2.24, 2.45) is 0 Å². The van der Waals surface area contributed by atoms with Gasteiger partial charge >= 0.3 is 0 Å². The first kappa shape index (κ1) is 16.1. The predicted molar refractivity (Wildman–Crippen MR) is 91.2 cm³/mol. The molecule has 2 heterocycles. The van der Waals surface area contributed by atoms with Gasteiger partial charge in [0, 0.05) is 11.4 Å². The molecule has 5 heteroatoms. The molecule has 0 saturated carbocycles. The lowest BCUT2D eigenvalue weighted by Crippen LogP contribution is -2.40. The second-order valence-corrected chi connectivity index (χ2v) is 6.80. The Bertz CT molecular complexity index is 638. The molecule has 1 N–H and O–H groups in total. The van der Waals surface area contributed by atoms with Crippen LogP contribution in [0.4, 0.5) is 4.39 Å². The van der Waals surface area contributed by atoms with Crippen LogP contribution in [0.15, 0.2) is 41.8 Å². The van der Waals surface area contributed by atoms with Crippen LogP contribution in [0.1, 0.15) is 40.5 Å². The number of hydrogen-bond donors (Lipinski definition) is 1. The van der Waals surface area contributed by atoms with Gasteiger partial charge in [-0.15, -0.1) is 11.3 Å². The molecule has 0 unspecified atom stereocenters. The first-order valence-corrected chi connectivity index (χ1v) is 8.94. The summed E-state index contributed by atoms with van der Waals surface area (Å²) in [6, 6.07) is 10.4. The highest BCUT2D eigenvalue weighted by Crippen LogP contribution is 2.27. The zero-order valence-electron chi connectivity index (χ0n) is 13.0. The fourth-order valence-electron chi connectivity index (χ4n) is 3.05. The number of rotatable bonds is 5. The van der Waals surface area contributed by atoms with Gasteiger partial charge in [-0.1, -0.05) is 24.6 Å². The van der Waals surface area contributed by atoms with Gasteiger partial charge in [0.05, 0.1) is 11.6 Å². The summed E-state index contributed by atoms with van der Waals surface area (Å²) in [6.45, 7) is 2.62. The van der Waals surface area contributed by atoms with Crippen LogP contribution < -0.4 is 5.32 Å². The van der Waals surface area contributed by atoms with E-state index in [9.17, 15) is 9.18 Å². The quantitative estimate of drug-likeness (QED) is 0.902. The monoisotopic (exact) mass is 332 g/mol. The third-order valence-electron chi connectivity index (χ3n) is 4.28. The first-order valence-electron chi connectivity index (χ1n) is 8.06. The summed E-state index contributed by atoms with van der Waals surface area (Å²) in [5.74, 6) is -0.822. The van der Waals surface area contributed by atoms with Crippen LogP contribution in [0.5, 0.6) is 0 Å². The van der Waals surface area contributed by atoms with Crippen LogP contribution in [0, 0.1) is 5.82 Å². The number of carbonyl (C=O) groups excluding carboxylic acids is 1. The molecule has 1 aliphatic heterocycles. The van der Waals surface area contributed by atoms with Gasteiger partial charge in [-0.25, -0.2) is 4.39 Å². The molecule has 0 aliphatic carbocycles. The third kappa shape index (κ3) is 3.98. The number of likely N-dealkylation sites (tertiary alicyclic amines) is 1. The van der Waals surface area contributed by atoms with E-state index in [0.29, 0.717) is 6.54 Å². The highest BCUT2D eigenvalue weighted by atomic mass is 32.1. The van der Waals surface area contributed by atoms with E-state index in [-0.39, 0.29) is 17.5 Å². The van der Waals surface area contributed by atoms with Crippen molar-refractivity contribution in [2.45, 2.75) is 25.3 Å². The van der Waals surface area contributed by atoms with Crippen LogP contribution in [0.2, 0.25) is 0 Å². The maximum atomic E-state index is 13.7. The number of nitrogens with one attached hydrogen (secondary N) is 1. The Labute approximate surface area is 140 Å². The SMILES string of the molecule is O=C(NC[C@@H](c1cccs1)N1CCCCC1)c1ccccc1F. The molecular weight excluding hydrogens is 311 g/mol. The molecule has 3 rings (SSSR count). The summed E-state index contributed by atoms with van der Waals surface area (Å²) >= 11 is 1.71. The van der Waals surface area contributed by atoms with E-state index in [1.165, 1.54) is 36.3 Å². The number of nitrogens with zero attached hydrogens (tertiary/aromatic N) is 1. The molecule has 23 heavy (non-hydrogen) atoms. The van der Waals surface area contributed by atoms with Crippen molar-refractivity contribution >= 4 is 17.2 Å². The lowest BCUT2D eigenvalue weighted by molar-refractivity contribution is 0.0921. The molecule has 1 aliphatic rings. The van der Waals surface area contributed by atoms with Crippen LogP contribution in [-0.2, 0) is 0 Å². The fraction of sp³-hybridized carbons (Fsp3) is 0.389. The Kier molecular flexibility index (Phi) is 5.41. The molecule has 3 nitrogen and oxygen atoms in total. The Morgan fingerprint density at radius 2 is 1.96 bits per heavy atom. The number of halogens is 1. The molecule has 0 radical (unpaired) electrons. The van der Waals surface area contributed by atoms with Gasteiger partial charge in [0.25, 0.3) is 5.91 Å². The molecule has 1 aromatic heterocycles. The third-order valence-corrected chi connectivity index (χ3v) is 5.25. The van der Waals surface area contributed by atoms with Crippen LogP contribution in [0.25, 0.3) is 0 Å². The lowest BCUT2D eigenvalue weighted by atomic mass is 10.1. The van der Waals surface area contributed by atoms with Crippen molar-refractivity contribution < 1.29 is 9.18 Å². The number of carbonyl (C=O) groups is 1. The summed E-state index contributed by atoms with van der Waals surface area (Å²) in [5, 5.41) is 4.97. The molecule has 1 atom stereocenters. The fourth-order valence-corrected chi connectivity index (χ4v) is 3.91. The van der Waals surface area contributed by atoms with E-state index in [4.69, 9.17) is 0 Å². The Balaban J connectivity index is 1.69. The maximum absolute atomic E-state index is 13.7. The van der Waals surface area contributed by atoms with Crippen LogP contribution in [0.3, 0.4) is 0 Å². The van der Waals surface area contributed by atoms with Gasteiger partial charge in [0.15, 0.2) is 0 Å². The van der Waals surface area contributed by atoms with Gasteiger partial charge in [-0.2, -0.15) is 0 Å². The number of hydrogen-bond acceptors (Lipinski definition) is 3. The van der Waals surface area contributed by atoms with E-state index < -0.39 is 5.82 Å². The van der Waals surface area contributed by atoms with Crippen LogP contribution >= 0.6 is 11.3 Å². The highest BCUT2D eigenvalue weighted by molar-refractivity contribution is 7.10. The molecule has 122 valence electrons. The van der Waals surface area contributed by atoms with Gasteiger partial charge in [0.2, 0.25) is 0 Å². The highest BCUT2D eigenvalue weighted by Gasteiger charge is 2.24. The summed E-state index contributed by atoms with van der Waals surface area (Å²) < 4.78 is 13.7. The number of benzene rings is 1. The van der Waals surface area contributed by atoms with Gasteiger partial charge < -0.3 is 5.32 Å². The van der Waals surface area contributed by atoms with Gasteiger partial charge in [-0.3, -0.25) is 9.69 Å². The maximum Gasteiger partial charge on any atom is 0.254 e. The standard InChI is InChI=1S/C18H21FN2OS/c19-15-8-3-2-7-14(15)18(22)20-13-16(17-9-6-12-23-17)21-10-4-1-5-11-21/h2-3,6-9,12,16H,1,4-5,10-11,13H2,(H,20,22)/t16-/m0/s1. The van der Waals surface area contributed by atoms with Crippen molar-refractivity contribution in [1.82, 2.24) is 10.2 Å². The lowest BCUT2D eigenvalue weighted by Gasteiger charge is -2.34. The number of amides is 1. The summed E-state index contributed by atoms with van der Waals surface area (Å²) in [6.07, 6.45) is 3.67. The average molecular weight is 332 g/mol. The molecule has 1 aromatic carbocycles. The minimum absolute atomic E-state index is 0.107. The number of piperidine rings is 1. The van der Waals surface area contributed by atoms with Gasteiger partial charge in [0.1, 0.15) is 5.82 Å². The largest absolute Gasteiger partial charge is 0.350 e. The predicted octanol–water partition coefficient (Wildman–Crippen LogP) is 3.84. The van der Waals surface area contributed by atoms with E-state index >= 15 is 0 Å². The summed E-state index contributed by atoms with van der Waals surface area (Å²) in [5.41, 5.74) is 0.107. The van der Waals surface area contributed by atoms with Crippen molar-refractivity contribution in [2.75, 3.05) is 19.6 Å². The smallest absolute Gasteiger partial charge is 0.254 e. The van der Waals surface area contributed by atoms with Crippen molar-refractivity contribution in [3.05, 3.63) is 58.0 Å². The summed E-state index contributed by atoms with van der Waals surface area (Å²) in [7, 11) is 0. The van der Waals surface area contributed by atoms with E-state index in [0.717, 1.165) is 13.1 Å². The average Bonchev–Trinajstić information content (AvgIpc) is 3.10. The van der Waals surface area contributed by atoms with E-state index in [1.54, 1.807) is 23.5 Å². The van der Waals surface area contributed by atoms with E-state index in [1.807, 2.05) is 6.07 Å². The second kappa shape index (κ2) is 7.70. The summed E-state index contributed by atoms with van der Waals surface area (Å²) in [4.78, 5) is 15.9. The Morgan fingerprint density at radius 1 is 1.17 bits per heavy atom. The zero-order chi connectivity index (χ0) is 16.1. The topological polar surface area (TPSA) is 32.3 Å².